The van der Waals surface area contributed by atoms with E-state index in [1.165, 1.54) is 11.0 Å². The highest BCUT2D eigenvalue weighted by Gasteiger charge is 2.31. The first-order valence-electron chi connectivity index (χ1n) is 11.7. The molecule has 0 unspecified atom stereocenters. The lowest BCUT2D eigenvalue weighted by Gasteiger charge is -2.32. The molecule has 0 saturated carbocycles. The standard InChI is InChI=1S/C28H29Cl2FN2O2/c1-2-3-15-32-28(35)26(16-20-9-5-4-6-10-20)33(19-22-13-14-23(29)18-24(22)30)27(34)17-21-11-7-8-12-25(21)31/h4-14,18,26H,2-3,15-17,19H2,1H3,(H,32,35)/t26-/m0/s1. The maximum atomic E-state index is 14.4. The van der Waals surface area contributed by atoms with Gasteiger partial charge in [0, 0.05) is 29.6 Å². The molecule has 184 valence electrons. The number of rotatable bonds is 11. The molecule has 0 aliphatic rings. The van der Waals surface area contributed by atoms with Gasteiger partial charge < -0.3 is 10.2 Å². The van der Waals surface area contributed by atoms with Crippen molar-refractivity contribution in [3.05, 3.63) is 105 Å². The van der Waals surface area contributed by atoms with E-state index in [1.54, 1.807) is 36.4 Å². The Labute approximate surface area is 216 Å². The van der Waals surface area contributed by atoms with Crippen LogP contribution >= 0.6 is 23.2 Å². The number of benzene rings is 3. The van der Waals surface area contributed by atoms with Gasteiger partial charge in [0.2, 0.25) is 11.8 Å². The highest BCUT2D eigenvalue weighted by atomic mass is 35.5. The monoisotopic (exact) mass is 514 g/mol. The lowest BCUT2D eigenvalue weighted by Crippen LogP contribution is -2.51. The molecule has 3 aromatic rings. The van der Waals surface area contributed by atoms with E-state index in [0.29, 0.717) is 28.6 Å². The molecule has 1 N–H and O–H groups in total. The van der Waals surface area contributed by atoms with Gasteiger partial charge in [0.15, 0.2) is 0 Å². The Balaban J connectivity index is 1.98. The van der Waals surface area contributed by atoms with Gasteiger partial charge in [-0.3, -0.25) is 9.59 Å². The quantitative estimate of drug-likeness (QED) is 0.308. The van der Waals surface area contributed by atoms with Crippen molar-refractivity contribution in [2.75, 3.05) is 6.54 Å². The maximum Gasteiger partial charge on any atom is 0.243 e. The number of hydrogen-bond acceptors (Lipinski definition) is 2. The van der Waals surface area contributed by atoms with E-state index in [-0.39, 0.29) is 30.3 Å². The maximum absolute atomic E-state index is 14.4. The molecule has 3 rings (SSSR count). The first kappa shape index (κ1) is 26.7. The molecule has 7 heteroatoms. The second kappa shape index (κ2) is 13.3. The van der Waals surface area contributed by atoms with E-state index < -0.39 is 11.9 Å². The molecule has 0 heterocycles. The SMILES string of the molecule is CCCCNC(=O)[C@H](Cc1ccccc1)N(Cc1ccc(Cl)cc1Cl)C(=O)Cc1ccccc1F. The number of carbonyl (C=O) groups excluding carboxylic acids is 2. The fourth-order valence-electron chi connectivity index (χ4n) is 3.80. The number of halogens is 3. The second-order valence-electron chi connectivity index (χ2n) is 8.38. The van der Waals surface area contributed by atoms with Crippen LogP contribution in [0.2, 0.25) is 10.0 Å². The highest BCUT2D eigenvalue weighted by molar-refractivity contribution is 6.35. The fourth-order valence-corrected chi connectivity index (χ4v) is 4.27. The molecule has 0 aromatic heterocycles. The molecule has 2 amide bonds. The van der Waals surface area contributed by atoms with Crippen LogP contribution in [0.25, 0.3) is 0 Å². The molecule has 3 aromatic carbocycles. The average Bonchev–Trinajstić information content (AvgIpc) is 2.84. The molecular formula is C28H29Cl2FN2O2. The Kier molecular flexibility index (Phi) is 10.1. The van der Waals surface area contributed by atoms with Crippen molar-refractivity contribution in [1.29, 1.82) is 0 Å². The Morgan fingerprint density at radius 3 is 2.37 bits per heavy atom. The van der Waals surface area contributed by atoms with Crippen molar-refractivity contribution in [3.8, 4) is 0 Å². The molecule has 1 atom stereocenters. The minimum Gasteiger partial charge on any atom is -0.354 e. The zero-order valence-corrected chi connectivity index (χ0v) is 21.2. The summed E-state index contributed by atoms with van der Waals surface area (Å²) in [7, 11) is 0. The van der Waals surface area contributed by atoms with E-state index in [1.807, 2.05) is 37.3 Å². The average molecular weight is 515 g/mol. The van der Waals surface area contributed by atoms with Gasteiger partial charge >= 0.3 is 0 Å². The Hall–Kier alpha value is -2.89. The van der Waals surface area contributed by atoms with Gasteiger partial charge in [0.05, 0.1) is 6.42 Å². The van der Waals surface area contributed by atoms with Gasteiger partial charge in [-0.15, -0.1) is 0 Å². The van der Waals surface area contributed by atoms with Gasteiger partial charge in [-0.1, -0.05) is 91.1 Å². The second-order valence-corrected chi connectivity index (χ2v) is 9.22. The van der Waals surface area contributed by atoms with Crippen LogP contribution in [0, 0.1) is 5.82 Å². The minimum atomic E-state index is -0.805. The predicted octanol–water partition coefficient (Wildman–Crippen LogP) is 6.23. The van der Waals surface area contributed by atoms with Crippen molar-refractivity contribution in [3.63, 3.8) is 0 Å². The Morgan fingerprint density at radius 1 is 0.971 bits per heavy atom. The third kappa shape index (κ3) is 7.81. The third-order valence-corrected chi connectivity index (χ3v) is 6.34. The first-order chi connectivity index (χ1) is 16.9. The van der Waals surface area contributed by atoms with E-state index in [0.717, 1.165) is 18.4 Å². The zero-order chi connectivity index (χ0) is 25.2. The largest absolute Gasteiger partial charge is 0.354 e. The normalized spacial score (nSPS) is 11.7. The minimum absolute atomic E-state index is 0.0853. The van der Waals surface area contributed by atoms with Crippen LogP contribution in [0.15, 0.2) is 72.8 Å². The molecular weight excluding hydrogens is 486 g/mol. The predicted molar refractivity (Wildman–Crippen MR) is 139 cm³/mol. The van der Waals surface area contributed by atoms with Crippen LogP contribution < -0.4 is 5.32 Å². The van der Waals surface area contributed by atoms with Gasteiger partial charge in [-0.2, -0.15) is 0 Å². The van der Waals surface area contributed by atoms with Crippen molar-refractivity contribution in [2.24, 2.45) is 0 Å². The molecule has 0 radical (unpaired) electrons. The molecule has 4 nitrogen and oxygen atoms in total. The molecule has 0 aliphatic heterocycles. The summed E-state index contributed by atoms with van der Waals surface area (Å²) < 4.78 is 14.4. The van der Waals surface area contributed by atoms with Crippen molar-refractivity contribution in [1.82, 2.24) is 10.2 Å². The zero-order valence-electron chi connectivity index (χ0n) is 19.6. The summed E-state index contributed by atoms with van der Waals surface area (Å²) in [5, 5.41) is 3.83. The molecule has 35 heavy (non-hydrogen) atoms. The number of nitrogens with zero attached hydrogens (tertiary/aromatic N) is 1. The van der Waals surface area contributed by atoms with Crippen LogP contribution in [0.1, 0.15) is 36.5 Å². The molecule has 0 aliphatic carbocycles. The van der Waals surface area contributed by atoms with Crippen LogP contribution in [-0.2, 0) is 29.0 Å². The van der Waals surface area contributed by atoms with Crippen LogP contribution in [-0.4, -0.2) is 29.3 Å². The number of unbranched alkanes of at least 4 members (excludes halogenated alkanes) is 1. The Bertz CT molecular complexity index is 1140. The van der Waals surface area contributed by atoms with Crippen LogP contribution in [0.5, 0.6) is 0 Å². The topological polar surface area (TPSA) is 49.4 Å². The Morgan fingerprint density at radius 2 is 1.69 bits per heavy atom. The smallest absolute Gasteiger partial charge is 0.243 e. The van der Waals surface area contributed by atoms with Gasteiger partial charge in [-0.05, 0) is 41.3 Å². The van der Waals surface area contributed by atoms with Crippen molar-refractivity contribution < 1.29 is 14.0 Å². The highest BCUT2D eigenvalue weighted by Crippen LogP contribution is 2.25. The third-order valence-electron chi connectivity index (χ3n) is 5.76. The molecule has 0 spiro atoms. The molecule has 0 fully saturated rings. The van der Waals surface area contributed by atoms with E-state index in [2.05, 4.69) is 5.32 Å². The summed E-state index contributed by atoms with van der Waals surface area (Å²) in [5.41, 5.74) is 1.83. The van der Waals surface area contributed by atoms with Crippen molar-refractivity contribution >= 4 is 35.0 Å². The van der Waals surface area contributed by atoms with Gasteiger partial charge in [0.1, 0.15) is 11.9 Å². The summed E-state index contributed by atoms with van der Waals surface area (Å²) in [6.07, 6.45) is 1.90. The summed E-state index contributed by atoms with van der Waals surface area (Å²) in [4.78, 5) is 28.5. The number of nitrogens with one attached hydrogen (secondary N) is 1. The van der Waals surface area contributed by atoms with Crippen LogP contribution in [0.3, 0.4) is 0 Å². The van der Waals surface area contributed by atoms with Gasteiger partial charge in [0.25, 0.3) is 0 Å². The summed E-state index contributed by atoms with van der Waals surface area (Å²) >= 11 is 12.5. The molecule has 0 saturated heterocycles. The fraction of sp³-hybridized carbons (Fsp3) is 0.286. The van der Waals surface area contributed by atoms with E-state index >= 15 is 0 Å². The number of hydrogen-bond donors (Lipinski definition) is 1. The number of carbonyl (C=O) groups is 2. The first-order valence-corrected chi connectivity index (χ1v) is 12.4. The lowest BCUT2D eigenvalue weighted by atomic mass is 10.0. The van der Waals surface area contributed by atoms with Crippen LogP contribution in [0.4, 0.5) is 4.39 Å². The summed E-state index contributed by atoms with van der Waals surface area (Å²) in [5.74, 6) is -1.08. The van der Waals surface area contributed by atoms with E-state index in [4.69, 9.17) is 23.2 Å². The van der Waals surface area contributed by atoms with Gasteiger partial charge in [-0.25, -0.2) is 4.39 Å². The summed E-state index contributed by atoms with van der Waals surface area (Å²) in [6.45, 7) is 2.64. The molecule has 0 bridgehead atoms. The number of amides is 2. The van der Waals surface area contributed by atoms with E-state index in [9.17, 15) is 14.0 Å². The summed E-state index contributed by atoms with van der Waals surface area (Å²) in [6, 6.07) is 19.9. The van der Waals surface area contributed by atoms with Crippen molar-refractivity contribution in [2.45, 2.75) is 45.2 Å². The lowest BCUT2D eigenvalue weighted by molar-refractivity contribution is -0.140.